The van der Waals surface area contributed by atoms with E-state index in [1.165, 1.54) is 0 Å². The molecule has 1 aromatic heterocycles. The van der Waals surface area contributed by atoms with Gasteiger partial charge in [-0.1, -0.05) is 54.6 Å². The molecular weight excluding hydrogens is 354 g/mol. The van der Waals surface area contributed by atoms with Gasteiger partial charge in [-0.3, -0.25) is 13.7 Å². The van der Waals surface area contributed by atoms with Crippen molar-refractivity contribution in [1.29, 1.82) is 0 Å². The Morgan fingerprint density at radius 3 is 1.67 bits per heavy atom. The van der Waals surface area contributed by atoms with E-state index in [4.69, 9.17) is 36.7 Å². The lowest BCUT2D eigenvalue weighted by molar-refractivity contribution is 0.553. The van der Waals surface area contributed by atoms with Crippen LogP contribution in [0.15, 0.2) is 61.7 Å². The van der Waals surface area contributed by atoms with E-state index in [0.717, 1.165) is 5.56 Å². The molecule has 24 heavy (non-hydrogen) atoms. The van der Waals surface area contributed by atoms with Crippen LogP contribution in [0.3, 0.4) is 0 Å². The minimum Gasteiger partial charge on any atom is -0.291 e. The van der Waals surface area contributed by atoms with Gasteiger partial charge in [0.05, 0.1) is 0 Å². The molecule has 0 saturated heterocycles. The summed E-state index contributed by atoms with van der Waals surface area (Å²) in [6, 6.07) is 10.1. The lowest BCUT2D eigenvalue weighted by Crippen LogP contribution is -2.19. The molecule has 0 N–H and O–H groups in total. The van der Waals surface area contributed by atoms with Gasteiger partial charge in [0.25, 0.3) is 0 Å². The van der Waals surface area contributed by atoms with Crippen LogP contribution in [0, 0.1) is 14.3 Å². The van der Waals surface area contributed by atoms with Crippen LogP contribution in [0.1, 0.15) is 5.56 Å². The van der Waals surface area contributed by atoms with E-state index in [1.807, 2.05) is 56.2 Å². The zero-order valence-corrected chi connectivity index (χ0v) is 15.7. The Balaban J connectivity index is 2.48. The summed E-state index contributed by atoms with van der Waals surface area (Å²) in [6.07, 6.45) is 7.64. The maximum absolute atomic E-state index is 5.58. The van der Waals surface area contributed by atoms with Gasteiger partial charge in [-0.15, -0.1) is 13.2 Å². The number of hydrogen-bond acceptors (Lipinski definition) is 3. The van der Waals surface area contributed by atoms with Crippen LogP contribution in [0.4, 0.5) is 0 Å². The molecule has 0 unspecified atom stereocenters. The average molecular weight is 374 g/mol. The summed E-state index contributed by atoms with van der Waals surface area (Å²) in [5.74, 6) is 0. The van der Waals surface area contributed by atoms with Crippen LogP contribution in [0.25, 0.3) is 6.08 Å². The van der Waals surface area contributed by atoms with Gasteiger partial charge in [0.15, 0.2) is 14.3 Å². The number of allylic oxidation sites excluding steroid dienone is 3. The topological polar surface area (TPSA) is 14.8 Å². The molecule has 0 bridgehead atoms. The number of nitrogens with zero attached hydrogens (tertiary/aromatic N) is 3. The summed E-state index contributed by atoms with van der Waals surface area (Å²) in [6.45, 7) is 9.23. The highest BCUT2D eigenvalue weighted by molar-refractivity contribution is 7.72. The fourth-order valence-corrected chi connectivity index (χ4v) is 3.41. The first kappa shape index (κ1) is 18.4. The van der Waals surface area contributed by atoms with Gasteiger partial charge in [-0.25, -0.2) is 0 Å². The van der Waals surface area contributed by atoms with Crippen molar-refractivity contribution >= 4 is 42.7 Å². The van der Waals surface area contributed by atoms with Crippen LogP contribution in [0.2, 0.25) is 0 Å². The predicted molar refractivity (Wildman–Crippen MR) is 109 cm³/mol. The second-order valence-electron chi connectivity index (χ2n) is 5.07. The molecule has 0 aliphatic carbocycles. The van der Waals surface area contributed by atoms with E-state index in [0.29, 0.717) is 33.9 Å². The summed E-state index contributed by atoms with van der Waals surface area (Å²) in [7, 11) is 0. The lowest BCUT2D eigenvalue weighted by Gasteiger charge is -2.16. The van der Waals surface area contributed by atoms with E-state index >= 15 is 0 Å². The molecule has 2 aromatic rings. The zero-order chi connectivity index (χ0) is 17.5. The number of benzene rings is 1. The molecule has 1 heterocycles. The summed E-state index contributed by atoms with van der Waals surface area (Å²) in [5, 5.41) is 0. The molecule has 0 saturated carbocycles. The highest BCUT2D eigenvalue weighted by Crippen LogP contribution is 2.07. The zero-order valence-electron chi connectivity index (χ0n) is 13.3. The van der Waals surface area contributed by atoms with Crippen molar-refractivity contribution < 1.29 is 0 Å². The third-order valence-corrected chi connectivity index (χ3v) is 4.73. The Morgan fingerprint density at radius 2 is 1.21 bits per heavy atom. The standard InChI is InChI=1S/C18H19N3S3/c1-3-12-19-16(22)20(13-4-2)18(24)21(17(19)23)14-8-11-15-9-6-5-7-10-15/h3-11H,1-2,12-14H2. The Kier molecular flexibility index (Phi) is 6.78. The van der Waals surface area contributed by atoms with Crippen molar-refractivity contribution in [3.05, 3.63) is 81.6 Å². The molecule has 6 heteroatoms. The van der Waals surface area contributed by atoms with Crippen molar-refractivity contribution in [1.82, 2.24) is 13.7 Å². The molecule has 0 spiro atoms. The van der Waals surface area contributed by atoms with E-state index in [1.54, 1.807) is 12.2 Å². The Hall–Kier alpha value is -1.89. The number of hydrogen-bond donors (Lipinski definition) is 0. The summed E-state index contributed by atoms with van der Waals surface area (Å²) in [4.78, 5) is 0. The van der Waals surface area contributed by atoms with Gasteiger partial charge in [-0.05, 0) is 42.2 Å². The Labute approximate surface area is 157 Å². The predicted octanol–water partition coefficient (Wildman–Crippen LogP) is 5.36. The molecule has 0 amide bonds. The highest BCUT2D eigenvalue weighted by Gasteiger charge is 2.06. The van der Waals surface area contributed by atoms with Crippen molar-refractivity contribution in [2.75, 3.05) is 0 Å². The van der Waals surface area contributed by atoms with Crippen molar-refractivity contribution in [2.45, 2.75) is 19.6 Å². The average Bonchev–Trinajstić information content (AvgIpc) is 2.59. The maximum Gasteiger partial charge on any atom is 0.184 e. The van der Waals surface area contributed by atoms with E-state index in [2.05, 4.69) is 13.2 Å². The summed E-state index contributed by atoms with van der Waals surface area (Å²) in [5.41, 5.74) is 1.13. The third kappa shape index (κ3) is 4.14. The molecule has 1 aromatic carbocycles. The monoisotopic (exact) mass is 373 g/mol. The molecule has 0 fully saturated rings. The maximum atomic E-state index is 5.58. The molecule has 124 valence electrons. The van der Waals surface area contributed by atoms with Crippen LogP contribution >= 0.6 is 36.7 Å². The minimum absolute atomic E-state index is 0.548. The van der Waals surface area contributed by atoms with Gasteiger partial charge in [0, 0.05) is 19.6 Å². The normalized spacial score (nSPS) is 10.8. The van der Waals surface area contributed by atoms with Crippen molar-refractivity contribution in [3.8, 4) is 0 Å². The molecule has 0 aliphatic heterocycles. The SMILES string of the molecule is C=CCn1c(=S)n(CC=C)c(=S)n(CC=Cc2ccccc2)c1=S. The lowest BCUT2D eigenvalue weighted by atomic mass is 10.2. The molecule has 3 nitrogen and oxygen atoms in total. The van der Waals surface area contributed by atoms with Crippen LogP contribution < -0.4 is 0 Å². The van der Waals surface area contributed by atoms with Gasteiger partial charge in [-0.2, -0.15) is 0 Å². The Morgan fingerprint density at radius 1 is 0.750 bits per heavy atom. The van der Waals surface area contributed by atoms with Crippen LogP contribution in [0.5, 0.6) is 0 Å². The second kappa shape index (κ2) is 8.82. The van der Waals surface area contributed by atoms with E-state index in [9.17, 15) is 0 Å². The van der Waals surface area contributed by atoms with Crippen LogP contribution in [-0.2, 0) is 19.6 Å². The van der Waals surface area contributed by atoms with Gasteiger partial charge in [0.2, 0.25) is 0 Å². The van der Waals surface area contributed by atoms with Crippen molar-refractivity contribution in [2.24, 2.45) is 0 Å². The first-order valence-electron chi connectivity index (χ1n) is 7.48. The highest BCUT2D eigenvalue weighted by atomic mass is 32.1. The smallest absolute Gasteiger partial charge is 0.184 e. The van der Waals surface area contributed by atoms with Gasteiger partial charge < -0.3 is 0 Å². The molecule has 2 rings (SSSR count). The van der Waals surface area contributed by atoms with Gasteiger partial charge in [0.1, 0.15) is 0 Å². The largest absolute Gasteiger partial charge is 0.291 e. The number of rotatable bonds is 7. The first-order valence-corrected chi connectivity index (χ1v) is 8.70. The van der Waals surface area contributed by atoms with Crippen LogP contribution in [-0.4, -0.2) is 13.7 Å². The molecule has 0 atom stereocenters. The van der Waals surface area contributed by atoms with Crippen molar-refractivity contribution in [3.63, 3.8) is 0 Å². The minimum atomic E-state index is 0.548. The summed E-state index contributed by atoms with van der Waals surface area (Å²) >= 11 is 16.7. The number of aromatic nitrogens is 3. The second-order valence-corrected chi connectivity index (χ2v) is 6.17. The van der Waals surface area contributed by atoms with E-state index in [-0.39, 0.29) is 0 Å². The molecule has 0 radical (unpaired) electrons. The quantitative estimate of drug-likeness (QED) is 0.479. The first-order chi connectivity index (χ1) is 11.6. The van der Waals surface area contributed by atoms with Gasteiger partial charge >= 0.3 is 0 Å². The third-order valence-electron chi connectivity index (χ3n) is 3.41. The molecular formula is C18H19N3S3. The fourth-order valence-electron chi connectivity index (χ4n) is 2.27. The Bertz CT molecular complexity index is 882. The summed E-state index contributed by atoms with van der Waals surface area (Å²) < 4.78 is 7.40. The molecule has 0 aliphatic rings. The fraction of sp³-hybridized carbons (Fsp3) is 0.167. The van der Waals surface area contributed by atoms with E-state index < -0.39 is 0 Å².